The first-order valence-corrected chi connectivity index (χ1v) is 10.9. The summed E-state index contributed by atoms with van der Waals surface area (Å²) in [5.74, 6) is 0.434. The first kappa shape index (κ1) is 20.2. The molecule has 1 aliphatic heterocycles. The minimum absolute atomic E-state index is 0.0343. The summed E-state index contributed by atoms with van der Waals surface area (Å²) in [6, 6.07) is 11.7. The van der Waals surface area contributed by atoms with Crippen molar-refractivity contribution in [1.29, 1.82) is 0 Å². The van der Waals surface area contributed by atoms with Crippen LogP contribution in [0.1, 0.15) is 30.4 Å². The van der Waals surface area contributed by atoms with Crippen LogP contribution >= 0.6 is 0 Å². The van der Waals surface area contributed by atoms with Crippen molar-refractivity contribution in [3.05, 3.63) is 53.6 Å². The summed E-state index contributed by atoms with van der Waals surface area (Å²) >= 11 is 0. The van der Waals surface area contributed by atoms with Gasteiger partial charge in [-0.05, 0) is 74.6 Å². The molecule has 0 aromatic heterocycles. The number of nitrogens with one attached hydrogen (secondary N) is 1. The quantitative estimate of drug-likeness (QED) is 0.802. The Morgan fingerprint density at radius 2 is 1.71 bits per heavy atom. The Bertz CT molecular complexity index is 933. The van der Waals surface area contributed by atoms with E-state index in [1.807, 2.05) is 30.9 Å². The maximum Gasteiger partial charge on any atom is 0.261 e. The van der Waals surface area contributed by atoms with E-state index in [1.165, 1.54) is 12.1 Å². The Kier molecular flexibility index (Phi) is 6.24. The second kappa shape index (κ2) is 8.65. The van der Waals surface area contributed by atoms with Crippen LogP contribution < -0.4 is 9.46 Å². The third-order valence-electron chi connectivity index (χ3n) is 4.84. The fraction of sp³-hybridized carbons (Fsp3) is 0.381. The van der Waals surface area contributed by atoms with Crippen LogP contribution in [0.25, 0.3) is 0 Å². The average molecular weight is 403 g/mol. The maximum atomic E-state index is 12.6. The van der Waals surface area contributed by atoms with E-state index in [9.17, 15) is 13.2 Å². The molecule has 150 valence electrons. The van der Waals surface area contributed by atoms with Crippen LogP contribution in [0, 0.1) is 13.8 Å². The molecule has 1 aliphatic rings. The fourth-order valence-electron chi connectivity index (χ4n) is 3.14. The van der Waals surface area contributed by atoms with E-state index in [0.29, 0.717) is 11.4 Å². The first-order valence-electron chi connectivity index (χ1n) is 9.46. The number of likely N-dealkylation sites (tertiary alicyclic amines) is 1. The van der Waals surface area contributed by atoms with Crippen molar-refractivity contribution in [3.63, 3.8) is 0 Å². The molecule has 7 heteroatoms. The lowest BCUT2D eigenvalue weighted by atomic mass is 10.1. The van der Waals surface area contributed by atoms with Gasteiger partial charge < -0.3 is 9.64 Å². The molecule has 0 aliphatic carbocycles. The highest BCUT2D eigenvalue weighted by Gasteiger charge is 2.18. The molecule has 1 saturated heterocycles. The van der Waals surface area contributed by atoms with Crippen LogP contribution in [0.4, 0.5) is 5.69 Å². The number of anilines is 1. The van der Waals surface area contributed by atoms with Gasteiger partial charge in [0.25, 0.3) is 15.9 Å². The van der Waals surface area contributed by atoms with Crippen molar-refractivity contribution in [2.75, 3.05) is 24.4 Å². The van der Waals surface area contributed by atoms with Gasteiger partial charge in [-0.25, -0.2) is 8.42 Å². The molecular weight excluding hydrogens is 376 g/mol. The molecule has 1 fully saturated rings. The molecule has 0 saturated carbocycles. The van der Waals surface area contributed by atoms with Crippen molar-refractivity contribution in [3.8, 4) is 5.75 Å². The first-order chi connectivity index (χ1) is 13.3. The molecule has 28 heavy (non-hydrogen) atoms. The molecule has 6 nitrogen and oxygen atoms in total. The molecule has 0 atom stereocenters. The number of aryl methyl sites for hydroxylation is 2. The molecule has 0 bridgehead atoms. The summed E-state index contributed by atoms with van der Waals surface area (Å²) in [5.41, 5.74) is 2.39. The van der Waals surface area contributed by atoms with Gasteiger partial charge in [0.1, 0.15) is 5.75 Å². The molecule has 0 unspecified atom stereocenters. The number of sulfonamides is 1. The fourth-order valence-corrected chi connectivity index (χ4v) is 4.27. The molecule has 2 aromatic rings. The van der Waals surface area contributed by atoms with Crippen LogP contribution in [-0.2, 0) is 14.8 Å². The Morgan fingerprint density at radius 1 is 1.04 bits per heavy atom. The SMILES string of the molecule is Cc1ccc(C)c(NS(=O)(=O)c2ccc(OCC(=O)N3CCCCC3)cc2)c1. The van der Waals surface area contributed by atoms with E-state index in [4.69, 9.17) is 4.74 Å². The molecule has 1 amide bonds. The predicted molar refractivity (Wildman–Crippen MR) is 109 cm³/mol. The van der Waals surface area contributed by atoms with E-state index in [2.05, 4.69) is 4.72 Å². The Labute approximate surface area is 166 Å². The van der Waals surface area contributed by atoms with Crippen LogP contribution in [0.15, 0.2) is 47.4 Å². The van der Waals surface area contributed by atoms with Crippen molar-refractivity contribution < 1.29 is 17.9 Å². The number of hydrogen-bond donors (Lipinski definition) is 1. The Hall–Kier alpha value is -2.54. The number of amides is 1. The topological polar surface area (TPSA) is 75.7 Å². The standard InChI is InChI=1S/C21H26N2O4S/c1-16-6-7-17(2)20(14-16)22-28(25,26)19-10-8-18(9-11-19)27-15-21(24)23-12-4-3-5-13-23/h6-11,14,22H,3-5,12-13,15H2,1-2H3. The third kappa shape index (κ3) is 5.04. The lowest BCUT2D eigenvalue weighted by Crippen LogP contribution is -2.38. The zero-order valence-corrected chi connectivity index (χ0v) is 17.1. The number of rotatable bonds is 6. The van der Waals surface area contributed by atoms with Gasteiger partial charge in [-0.3, -0.25) is 9.52 Å². The van der Waals surface area contributed by atoms with Crippen LogP contribution in [0.2, 0.25) is 0 Å². The monoisotopic (exact) mass is 402 g/mol. The number of piperidine rings is 1. The maximum absolute atomic E-state index is 12.6. The van der Waals surface area contributed by atoms with Crippen molar-refractivity contribution in [2.45, 2.75) is 38.0 Å². The summed E-state index contributed by atoms with van der Waals surface area (Å²) < 4.78 is 33.4. The highest BCUT2D eigenvalue weighted by atomic mass is 32.2. The Balaban J connectivity index is 1.62. The molecule has 0 radical (unpaired) electrons. The van der Waals surface area contributed by atoms with Crippen molar-refractivity contribution >= 4 is 21.6 Å². The van der Waals surface area contributed by atoms with Gasteiger partial charge in [-0.1, -0.05) is 12.1 Å². The van der Waals surface area contributed by atoms with Gasteiger partial charge in [0, 0.05) is 13.1 Å². The number of benzene rings is 2. The number of hydrogen-bond acceptors (Lipinski definition) is 4. The van der Waals surface area contributed by atoms with Gasteiger partial charge in [0.2, 0.25) is 0 Å². The molecular formula is C21H26N2O4S. The number of carbonyl (C=O) groups excluding carboxylic acids is 1. The minimum atomic E-state index is -3.70. The third-order valence-corrected chi connectivity index (χ3v) is 6.22. The van der Waals surface area contributed by atoms with Crippen LogP contribution in [0.5, 0.6) is 5.75 Å². The number of ether oxygens (including phenoxy) is 1. The molecule has 0 spiro atoms. The molecule has 1 N–H and O–H groups in total. The molecule has 2 aromatic carbocycles. The van der Waals surface area contributed by atoms with Gasteiger partial charge in [0.05, 0.1) is 10.6 Å². The van der Waals surface area contributed by atoms with Gasteiger partial charge in [0.15, 0.2) is 6.61 Å². The summed E-state index contributed by atoms with van der Waals surface area (Å²) in [7, 11) is -3.70. The summed E-state index contributed by atoms with van der Waals surface area (Å²) in [5, 5.41) is 0. The predicted octanol–water partition coefficient (Wildman–Crippen LogP) is 3.50. The molecule has 3 rings (SSSR count). The lowest BCUT2D eigenvalue weighted by molar-refractivity contribution is -0.134. The van der Waals surface area contributed by atoms with Crippen LogP contribution in [-0.4, -0.2) is 38.9 Å². The second-order valence-electron chi connectivity index (χ2n) is 7.13. The molecule has 1 heterocycles. The van der Waals surface area contributed by atoms with E-state index >= 15 is 0 Å². The van der Waals surface area contributed by atoms with Gasteiger partial charge in [-0.15, -0.1) is 0 Å². The zero-order chi connectivity index (χ0) is 20.1. The van der Waals surface area contributed by atoms with E-state index in [-0.39, 0.29) is 17.4 Å². The van der Waals surface area contributed by atoms with Crippen LogP contribution in [0.3, 0.4) is 0 Å². The van der Waals surface area contributed by atoms with Crippen molar-refractivity contribution in [1.82, 2.24) is 4.90 Å². The number of nitrogens with zero attached hydrogens (tertiary/aromatic N) is 1. The largest absolute Gasteiger partial charge is 0.484 e. The lowest BCUT2D eigenvalue weighted by Gasteiger charge is -2.26. The highest BCUT2D eigenvalue weighted by molar-refractivity contribution is 7.92. The minimum Gasteiger partial charge on any atom is -0.484 e. The zero-order valence-electron chi connectivity index (χ0n) is 16.3. The average Bonchev–Trinajstić information content (AvgIpc) is 2.70. The van der Waals surface area contributed by atoms with E-state index in [0.717, 1.165) is 43.5 Å². The van der Waals surface area contributed by atoms with E-state index in [1.54, 1.807) is 18.2 Å². The van der Waals surface area contributed by atoms with Gasteiger partial charge in [-0.2, -0.15) is 0 Å². The highest BCUT2D eigenvalue weighted by Crippen LogP contribution is 2.22. The van der Waals surface area contributed by atoms with Gasteiger partial charge >= 0.3 is 0 Å². The summed E-state index contributed by atoms with van der Waals surface area (Å²) in [4.78, 5) is 14.1. The smallest absolute Gasteiger partial charge is 0.261 e. The Morgan fingerprint density at radius 3 is 2.39 bits per heavy atom. The number of carbonyl (C=O) groups is 1. The normalized spacial score (nSPS) is 14.6. The summed E-state index contributed by atoms with van der Waals surface area (Å²) in [6.45, 7) is 5.29. The second-order valence-corrected chi connectivity index (χ2v) is 8.81. The van der Waals surface area contributed by atoms with Crippen molar-refractivity contribution in [2.24, 2.45) is 0 Å². The summed E-state index contributed by atoms with van der Waals surface area (Å²) in [6.07, 6.45) is 3.23. The van der Waals surface area contributed by atoms with E-state index < -0.39 is 10.0 Å².